The van der Waals surface area contributed by atoms with Crippen molar-refractivity contribution in [3.63, 3.8) is 0 Å². The van der Waals surface area contributed by atoms with Crippen LogP contribution in [0.15, 0.2) is 36.5 Å². The molecule has 0 aliphatic rings. The number of ether oxygens (including phenoxy) is 2. The van der Waals surface area contributed by atoms with Gasteiger partial charge in [-0.25, -0.2) is 0 Å². The number of quaternary nitrogens is 1. The molecular formula is C42H80NO7P. The number of nitrogens with zero attached hydrogens (tertiary/aromatic N) is 1. The Balaban J connectivity index is 4.28. The number of likely N-dealkylation sites (N-methyl/N-ethyl adjacent to an activating group) is 1. The van der Waals surface area contributed by atoms with Gasteiger partial charge in [0.2, 0.25) is 0 Å². The van der Waals surface area contributed by atoms with Crippen molar-refractivity contribution in [1.29, 1.82) is 0 Å². The Morgan fingerprint density at radius 2 is 1.14 bits per heavy atom. The molecule has 0 aliphatic heterocycles. The van der Waals surface area contributed by atoms with Gasteiger partial charge in [-0.1, -0.05) is 153 Å². The van der Waals surface area contributed by atoms with Crippen LogP contribution in [0.3, 0.4) is 0 Å². The molecule has 0 spiro atoms. The molecule has 8 nitrogen and oxygen atoms in total. The minimum Gasteiger partial charge on any atom is -0.756 e. The Labute approximate surface area is 315 Å². The van der Waals surface area contributed by atoms with Crippen molar-refractivity contribution in [3.05, 3.63) is 36.5 Å². The van der Waals surface area contributed by atoms with E-state index in [2.05, 4.69) is 50.3 Å². The summed E-state index contributed by atoms with van der Waals surface area (Å²) in [5, 5.41) is 0. The number of esters is 1. The first-order chi connectivity index (χ1) is 24.6. The second kappa shape index (κ2) is 35.7. The van der Waals surface area contributed by atoms with Crippen molar-refractivity contribution < 1.29 is 37.3 Å². The molecule has 51 heavy (non-hydrogen) atoms. The Bertz CT molecular complexity index is 915. The van der Waals surface area contributed by atoms with Crippen molar-refractivity contribution in [1.82, 2.24) is 0 Å². The quantitative estimate of drug-likeness (QED) is 0.0204. The molecule has 0 heterocycles. The smallest absolute Gasteiger partial charge is 0.306 e. The van der Waals surface area contributed by atoms with Crippen LogP contribution >= 0.6 is 7.82 Å². The molecule has 0 bridgehead atoms. The van der Waals surface area contributed by atoms with Crippen LogP contribution in [0.2, 0.25) is 0 Å². The zero-order chi connectivity index (χ0) is 37.7. The maximum atomic E-state index is 12.6. The van der Waals surface area contributed by atoms with E-state index in [9.17, 15) is 14.3 Å². The molecule has 0 fully saturated rings. The van der Waals surface area contributed by atoms with E-state index in [1.807, 2.05) is 21.1 Å². The highest BCUT2D eigenvalue weighted by atomic mass is 31.2. The molecule has 0 aromatic carbocycles. The standard InChI is InChI=1S/C42H80NO7P/c1-6-8-10-12-14-16-18-20-21-22-24-26-28-30-32-34-37-47-39-41(40-49-51(45,46)48-38-36-43(3,4)5)50-42(44)35-33-31-29-27-25-23-19-17-15-13-11-9-7-2/h9,11,15,17,23,25,41H,6-8,10,12-14,16,18-22,24,26-40H2,1-5H3/b11-9-,17-15-,25-23-. The number of phosphoric ester groups is 1. The SMILES string of the molecule is CC/C=C\C/C=C\C/C=C\CCCCCC(=O)OC(COCCCCCCCCCCCCCCCCCC)COP(=O)([O-])OCC[N+](C)(C)C. The Kier molecular flexibility index (Phi) is 34.8. The second-order valence-corrected chi connectivity index (χ2v) is 16.4. The lowest BCUT2D eigenvalue weighted by molar-refractivity contribution is -0.870. The number of unbranched alkanes of at least 4 members (excludes halogenated alkanes) is 18. The van der Waals surface area contributed by atoms with Gasteiger partial charge in [-0.05, 0) is 44.9 Å². The molecule has 0 rings (SSSR count). The van der Waals surface area contributed by atoms with E-state index in [-0.39, 0.29) is 32.2 Å². The fourth-order valence-electron chi connectivity index (χ4n) is 5.50. The molecule has 0 saturated carbocycles. The summed E-state index contributed by atoms with van der Waals surface area (Å²) in [6.45, 7) is 5.27. The monoisotopic (exact) mass is 742 g/mol. The van der Waals surface area contributed by atoms with Crippen molar-refractivity contribution in [2.45, 2.75) is 174 Å². The van der Waals surface area contributed by atoms with Gasteiger partial charge in [0.1, 0.15) is 19.3 Å². The fraction of sp³-hybridized carbons (Fsp3) is 0.833. The third-order valence-electron chi connectivity index (χ3n) is 8.71. The molecule has 9 heteroatoms. The van der Waals surface area contributed by atoms with Gasteiger partial charge < -0.3 is 27.9 Å². The number of rotatable bonds is 38. The van der Waals surface area contributed by atoms with Crippen LogP contribution in [0.1, 0.15) is 168 Å². The Morgan fingerprint density at radius 3 is 1.69 bits per heavy atom. The van der Waals surface area contributed by atoms with Crippen molar-refractivity contribution in [3.8, 4) is 0 Å². The van der Waals surface area contributed by atoms with E-state index in [0.717, 1.165) is 57.8 Å². The zero-order valence-electron chi connectivity index (χ0n) is 33.8. The summed E-state index contributed by atoms with van der Waals surface area (Å²) in [5.74, 6) is -0.362. The molecule has 2 atom stereocenters. The number of phosphoric acid groups is 1. The lowest BCUT2D eigenvalue weighted by Crippen LogP contribution is -2.37. The van der Waals surface area contributed by atoms with Gasteiger partial charge in [-0.2, -0.15) is 0 Å². The van der Waals surface area contributed by atoms with Crippen LogP contribution < -0.4 is 4.89 Å². The predicted octanol–water partition coefficient (Wildman–Crippen LogP) is 11.2. The summed E-state index contributed by atoms with van der Waals surface area (Å²) >= 11 is 0. The van der Waals surface area contributed by atoms with Gasteiger partial charge in [0.15, 0.2) is 0 Å². The van der Waals surface area contributed by atoms with Crippen LogP contribution in [0.4, 0.5) is 0 Å². The van der Waals surface area contributed by atoms with Crippen LogP contribution in [0.25, 0.3) is 0 Å². The number of carbonyl (C=O) groups is 1. The lowest BCUT2D eigenvalue weighted by atomic mass is 10.0. The fourth-order valence-corrected chi connectivity index (χ4v) is 6.23. The van der Waals surface area contributed by atoms with Crippen molar-refractivity contribution in [2.75, 3.05) is 54.1 Å². The van der Waals surface area contributed by atoms with Crippen LogP contribution in [0, 0.1) is 0 Å². The number of carbonyl (C=O) groups excluding carboxylic acids is 1. The minimum absolute atomic E-state index is 0.0209. The summed E-state index contributed by atoms with van der Waals surface area (Å²) in [7, 11) is 1.34. The van der Waals surface area contributed by atoms with E-state index in [4.69, 9.17) is 18.5 Å². The predicted molar refractivity (Wildman–Crippen MR) is 213 cm³/mol. The van der Waals surface area contributed by atoms with Crippen LogP contribution in [-0.2, 0) is 27.9 Å². The molecule has 0 aliphatic carbocycles. The third-order valence-corrected chi connectivity index (χ3v) is 9.67. The summed E-state index contributed by atoms with van der Waals surface area (Å²) in [6.07, 6.45) is 40.1. The maximum absolute atomic E-state index is 12.6. The van der Waals surface area contributed by atoms with Gasteiger partial charge in [0.25, 0.3) is 7.82 Å². The molecule has 0 saturated heterocycles. The molecular weight excluding hydrogens is 661 g/mol. The van der Waals surface area contributed by atoms with E-state index in [1.54, 1.807) is 0 Å². The van der Waals surface area contributed by atoms with E-state index < -0.39 is 13.9 Å². The number of allylic oxidation sites excluding steroid dienone is 6. The molecule has 2 unspecified atom stereocenters. The normalized spacial score (nSPS) is 14.2. The molecule has 0 N–H and O–H groups in total. The first-order valence-corrected chi connectivity index (χ1v) is 22.2. The highest BCUT2D eigenvalue weighted by molar-refractivity contribution is 7.45. The average molecular weight is 742 g/mol. The van der Waals surface area contributed by atoms with Crippen molar-refractivity contribution in [2.24, 2.45) is 0 Å². The van der Waals surface area contributed by atoms with Crippen molar-refractivity contribution >= 4 is 13.8 Å². The van der Waals surface area contributed by atoms with E-state index in [0.29, 0.717) is 17.6 Å². The first-order valence-electron chi connectivity index (χ1n) is 20.7. The molecule has 300 valence electrons. The van der Waals surface area contributed by atoms with Gasteiger partial charge in [-0.3, -0.25) is 9.36 Å². The first kappa shape index (κ1) is 49.7. The molecule has 0 amide bonds. The second-order valence-electron chi connectivity index (χ2n) is 15.0. The van der Waals surface area contributed by atoms with Gasteiger partial charge in [0.05, 0.1) is 34.4 Å². The minimum atomic E-state index is -4.53. The third kappa shape index (κ3) is 39.8. The maximum Gasteiger partial charge on any atom is 0.306 e. The average Bonchev–Trinajstić information content (AvgIpc) is 3.08. The van der Waals surface area contributed by atoms with E-state index >= 15 is 0 Å². The summed E-state index contributed by atoms with van der Waals surface area (Å²) in [4.78, 5) is 25.0. The van der Waals surface area contributed by atoms with Gasteiger partial charge >= 0.3 is 5.97 Å². The number of hydrogen-bond acceptors (Lipinski definition) is 7. The summed E-state index contributed by atoms with van der Waals surface area (Å²) < 4.78 is 34.5. The topological polar surface area (TPSA) is 94.1 Å². The van der Waals surface area contributed by atoms with Gasteiger partial charge in [0, 0.05) is 13.0 Å². The Hall–Kier alpha value is -1.28. The highest BCUT2D eigenvalue weighted by Crippen LogP contribution is 2.38. The molecule has 0 aromatic rings. The lowest BCUT2D eigenvalue weighted by Gasteiger charge is -2.28. The van der Waals surface area contributed by atoms with Crippen LogP contribution in [0.5, 0.6) is 0 Å². The highest BCUT2D eigenvalue weighted by Gasteiger charge is 2.20. The molecule has 0 radical (unpaired) electrons. The van der Waals surface area contributed by atoms with E-state index in [1.165, 1.54) is 89.9 Å². The number of hydrogen-bond donors (Lipinski definition) is 0. The van der Waals surface area contributed by atoms with Gasteiger partial charge in [-0.15, -0.1) is 0 Å². The largest absolute Gasteiger partial charge is 0.756 e. The summed E-state index contributed by atoms with van der Waals surface area (Å²) in [6, 6.07) is 0. The van der Waals surface area contributed by atoms with Crippen LogP contribution in [-0.4, -0.2) is 70.7 Å². The summed E-state index contributed by atoms with van der Waals surface area (Å²) in [5.41, 5.74) is 0. The zero-order valence-corrected chi connectivity index (χ0v) is 34.7. The Morgan fingerprint density at radius 1 is 0.627 bits per heavy atom. The molecule has 0 aromatic heterocycles.